The monoisotopic (exact) mass is 348 g/mol. The van der Waals surface area contributed by atoms with Gasteiger partial charge in [0, 0.05) is 12.1 Å². The van der Waals surface area contributed by atoms with Crippen molar-refractivity contribution in [2.24, 2.45) is 0 Å². The highest BCUT2D eigenvalue weighted by atomic mass is 16.3. The number of hydrogen-bond donors (Lipinski definition) is 1. The summed E-state index contributed by atoms with van der Waals surface area (Å²) in [5, 5.41) is 17.7. The van der Waals surface area contributed by atoms with Gasteiger partial charge in [0.05, 0.1) is 12.2 Å². The molecule has 1 N–H and O–H groups in total. The summed E-state index contributed by atoms with van der Waals surface area (Å²) in [6.07, 6.45) is 3.71. The predicted octanol–water partition coefficient (Wildman–Crippen LogP) is 3.01. The van der Waals surface area contributed by atoms with Crippen molar-refractivity contribution in [3.05, 3.63) is 66.4 Å². The number of amides is 1. The fourth-order valence-corrected chi connectivity index (χ4v) is 3.45. The second kappa shape index (κ2) is 7.00. The van der Waals surface area contributed by atoms with Crippen molar-refractivity contribution in [3.8, 4) is 17.0 Å². The summed E-state index contributed by atoms with van der Waals surface area (Å²) in [5.74, 6) is 0.269. The zero-order valence-corrected chi connectivity index (χ0v) is 14.3. The minimum atomic E-state index is 0.0325. The molecule has 0 spiro atoms. The molecule has 2 aromatic carbocycles. The molecule has 6 nitrogen and oxygen atoms in total. The Kier molecular flexibility index (Phi) is 4.39. The Balaban J connectivity index is 1.47. The van der Waals surface area contributed by atoms with E-state index in [1.165, 1.54) is 0 Å². The third kappa shape index (κ3) is 3.31. The number of hydrogen-bond acceptors (Lipinski definition) is 4. The van der Waals surface area contributed by atoms with Crippen LogP contribution in [0.5, 0.6) is 5.75 Å². The van der Waals surface area contributed by atoms with Crippen LogP contribution in [0.3, 0.4) is 0 Å². The molecule has 132 valence electrons. The van der Waals surface area contributed by atoms with E-state index in [9.17, 15) is 9.90 Å². The maximum atomic E-state index is 12.8. The van der Waals surface area contributed by atoms with E-state index in [-0.39, 0.29) is 24.2 Å². The third-order valence-corrected chi connectivity index (χ3v) is 4.76. The van der Waals surface area contributed by atoms with Crippen LogP contribution in [-0.4, -0.2) is 37.5 Å². The summed E-state index contributed by atoms with van der Waals surface area (Å²) >= 11 is 0. The average molecular weight is 348 g/mol. The Morgan fingerprint density at radius 3 is 2.65 bits per heavy atom. The van der Waals surface area contributed by atoms with Gasteiger partial charge in [-0.25, -0.2) is 4.68 Å². The van der Waals surface area contributed by atoms with Gasteiger partial charge in [0.25, 0.3) is 0 Å². The smallest absolute Gasteiger partial charge is 0.244 e. The van der Waals surface area contributed by atoms with Crippen molar-refractivity contribution >= 4 is 5.91 Å². The van der Waals surface area contributed by atoms with Crippen LogP contribution in [-0.2, 0) is 11.3 Å². The Labute approximate surface area is 151 Å². The van der Waals surface area contributed by atoms with Crippen molar-refractivity contribution in [1.82, 2.24) is 19.9 Å². The molecule has 26 heavy (non-hydrogen) atoms. The van der Waals surface area contributed by atoms with E-state index < -0.39 is 0 Å². The third-order valence-electron chi connectivity index (χ3n) is 4.76. The van der Waals surface area contributed by atoms with Gasteiger partial charge in [-0.15, -0.1) is 5.10 Å². The lowest BCUT2D eigenvalue weighted by Gasteiger charge is -2.25. The Morgan fingerprint density at radius 2 is 1.88 bits per heavy atom. The summed E-state index contributed by atoms with van der Waals surface area (Å²) in [4.78, 5) is 14.7. The molecule has 1 atom stereocenters. The first-order chi connectivity index (χ1) is 12.7. The van der Waals surface area contributed by atoms with Gasteiger partial charge in [0.2, 0.25) is 5.91 Å². The fourth-order valence-electron chi connectivity index (χ4n) is 3.45. The molecular formula is C20H20N4O2. The molecule has 1 aromatic heterocycles. The number of benzene rings is 2. The van der Waals surface area contributed by atoms with Crippen molar-refractivity contribution in [1.29, 1.82) is 0 Å². The van der Waals surface area contributed by atoms with Crippen LogP contribution < -0.4 is 0 Å². The summed E-state index contributed by atoms with van der Waals surface area (Å²) in [5.41, 5.74) is 2.79. The van der Waals surface area contributed by atoms with Crippen LogP contribution in [0.1, 0.15) is 24.4 Å². The highest BCUT2D eigenvalue weighted by Crippen LogP contribution is 2.32. The molecule has 6 heteroatoms. The van der Waals surface area contributed by atoms with E-state index in [4.69, 9.17) is 0 Å². The van der Waals surface area contributed by atoms with Gasteiger partial charge in [-0.3, -0.25) is 4.79 Å². The first-order valence-corrected chi connectivity index (χ1v) is 8.75. The summed E-state index contributed by atoms with van der Waals surface area (Å²) in [6, 6.07) is 16.9. The van der Waals surface area contributed by atoms with E-state index in [0.29, 0.717) is 0 Å². The number of likely N-dealkylation sites (tertiary alicyclic amines) is 1. The summed E-state index contributed by atoms with van der Waals surface area (Å²) in [7, 11) is 0. The summed E-state index contributed by atoms with van der Waals surface area (Å²) in [6.45, 7) is 0.916. The molecule has 1 amide bonds. The van der Waals surface area contributed by atoms with E-state index in [2.05, 4.69) is 10.3 Å². The average Bonchev–Trinajstić information content (AvgIpc) is 3.33. The first-order valence-electron chi connectivity index (χ1n) is 8.75. The number of carbonyl (C=O) groups is 1. The van der Waals surface area contributed by atoms with Gasteiger partial charge in [0.15, 0.2) is 0 Å². The number of rotatable bonds is 4. The predicted molar refractivity (Wildman–Crippen MR) is 97.3 cm³/mol. The topological polar surface area (TPSA) is 71.2 Å². The molecular weight excluding hydrogens is 328 g/mol. The number of nitrogens with zero attached hydrogens (tertiary/aromatic N) is 4. The van der Waals surface area contributed by atoms with E-state index >= 15 is 0 Å². The quantitative estimate of drug-likeness (QED) is 0.787. The second-order valence-corrected chi connectivity index (χ2v) is 6.50. The lowest BCUT2D eigenvalue weighted by atomic mass is 10.0. The molecule has 0 aliphatic carbocycles. The molecule has 0 saturated carbocycles. The number of phenols is 1. The number of phenolic OH excluding ortho intramolecular Hbond substituents is 1. The van der Waals surface area contributed by atoms with E-state index in [1.807, 2.05) is 47.4 Å². The van der Waals surface area contributed by atoms with Crippen LogP contribution in [0.2, 0.25) is 0 Å². The van der Waals surface area contributed by atoms with Crippen LogP contribution in [0.15, 0.2) is 60.8 Å². The normalized spacial score (nSPS) is 16.8. The molecule has 1 aliphatic rings. The summed E-state index contributed by atoms with van der Waals surface area (Å²) < 4.78 is 1.59. The van der Waals surface area contributed by atoms with Crippen LogP contribution in [0.25, 0.3) is 11.3 Å². The lowest BCUT2D eigenvalue weighted by molar-refractivity contribution is -0.133. The van der Waals surface area contributed by atoms with Gasteiger partial charge in [-0.2, -0.15) is 0 Å². The van der Waals surface area contributed by atoms with Crippen molar-refractivity contribution in [3.63, 3.8) is 0 Å². The van der Waals surface area contributed by atoms with Crippen LogP contribution in [0, 0.1) is 0 Å². The number of carbonyl (C=O) groups excluding carboxylic acids is 1. The van der Waals surface area contributed by atoms with E-state index in [1.54, 1.807) is 23.0 Å². The molecule has 0 radical (unpaired) electrons. The number of aromatic hydroxyl groups is 1. The Morgan fingerprint density at radius 1 is 1.12 bits per heavy atom. The zero-order valence-electron chi connectivity index (χ0n) is 14.3. The Bertz CT molecular complexity index is 890. The molecule has 3 aromatic rings. The second-order valence-electron chi connectivity index (χ2n) is 6.50. The maximum Gasteiger partial charge on any atom is 0.244 e. The van der Waals surface area contributed by atoms with Gasteiger partial charge in [-0.05, 0) is 30.5 Å². The van der Waals surface area contributed by atoms with E-state index in [0.717, 1.165) is 36.2 Å². The highest BCUT2D eigenvalue weighted by molar-refractivity contribution is 5.77. The fraction of sp³-hybridized carbons (Fsp3) is 0.250. The number of aromatic nitrogens is 3. The molecule has 4 rings (SSSR count). The minimum Gasteiger partial charge on any atom is -0.508 e. The molecule has 0 bridgehead atoms. The zero-order chi connectivity index (χ0) is 17.9. The van der Waals surface area contributed by atoms with Crippen molar-refractivity contribution < 1.29 is 9.90 Å². The molecule has 1 unspecified atom stereocenters. The standard InChI is InChI=1S/C20H20N4O2/c25-17-10-8-16(9-11-17)19-7-4-12-24(19)20(26)14-23-13-18(21-22-23)15-5-2-1-3-6-15/h1-3,5-6,8-11,13,19,25H,4,7,12,14H2. The maximum absolute atomic E-state index is 12.8. The largest absolute Gasteiger partial charge is 0.508 e. The first kappa shape index (κ1) is 16.3. The van der Waals surface area contributed by atoms with Crippen molar-refractivity contribution in [2.45, 2.75) is 25.4 Å². The van der Waals surface area contributed by atoms with Gasteiger partial charge >= 0.3 is 0 Å². The SMILES string of the molecule is O=C(Cn1cc(-c2ccccc2)nn1)N1CCCC1c1ccc(O)cc1. The van der Waals surface area contributed by atoms with Gasteiger partial charge in [0.1, 0.15) is 18.0 Å². The molecule has 1 saturated heterocycles. The lowest BCUT2D eigenvalue weighted by Crippen LogP contribution is -2.33. The minimum absolute atomic E-state index is 0.0325. The van der Waals surface area contributed by atoms with Crippen LogP contribution in [0.4, 0.5) is 0 Å². The van der Waals surface area contributed by atoms with Crippen molar-refractivity contribution in [2.75, 3.05) is 6.54 Å². The van der Waals surface area contributed by atoms with Gasteiger partial charge < -0.3 is 10.0 Å². The Hall–Kier alpha value is -3.15. The highest BCUT2D eigenvalue weighted by Gasteiger charge is 2.30. The molecule has 1 fully saturated rings. The molecule has 2 heterocycles. The van der Waals surface area contributed by atoms with Gasteiger partial charge in [-0.1, -0.05) is 47.7 Å². The van der Waals surface area contributed by atoms with Crippen LogP contribution >= 0.6 is 0 Å². The molecule has 1 aliphatic heterocycles.